The number of piperazine rings is 1. The smallest absolute Gasteiger partial charge is 0.185 e. The minimum atomic E-state index is -0.212. The predicted octanol–water partition coefficient (Wildman–Crippen LogP) is -0.115. The van der Waals surface area contributed by atoms with Gasteiger partial charge in [0.1, 0.15) is 5.82 Å². The number of nitrogens with one attached hydrogen (secondary N) is 1. The third-order valence-corrected chi connectivity index (χ3v) is 3.92. The number of rotatable bonds is 2. The Kier molecular flexibility index (Phi) is 8.00. The van der Waals surface area contributed by atoms with Crippen molar-refractivity contribution in [2.24, 2.45) is 0 Å². The van der Waals surface area contributed by atoms with Crippen LogP contribution in [-0.4, -0.2) is 47.6 Å². The van der Waals surface area contributed by atoms with Gasteiger partial charge in [-0.2, -0.15) is 0 Å². The molecule has 6 nitrogen and oxygen atoms in total. The predicted molar refractivity (Wildman–Crippen MR) is 83.4 cm³/mol. The largest absolute Gasteiger partial charge is 0.412 e. The van der Waals surface area contributed by atoms with Crippen molar-refractivity contribution in [2.75, 3.05) is 31.1 Å². The van der Waals surface area contributed by atoms with Gasteiger partial charge in [-0.3, -0.25) is 0 Å². The number of hydrogen-bond donors (Lipinski definition) is 1. The van der Waals surface area contributed by atoms with Crippen LogP contribution in [0.1, 0.15) is 0 Å². The summed E-state index contributed by atoms with van der Waals surface area (Å²) in [5, 5.41) is 6.41. The van der Waals surface area contributed by atoms with Crippen LogP contribution in [0.5, 0.6) is 0 Å². The van der Waals surface area contributed by atoms with Gasteiger partial charge in [0.05, 0.1) is 5.69 Å². The highest BCUT2D eigenvalue weighted by atomic mass is 32.1. The van der Waals surface area contributed by atoms with E-state index in [2.05, 4.69) is 15.2 Å². The van der Waals surface area contributed by atoms with Crippen LogP contribution in [0.2, 0.25) is 0 Å². The first-order valence-corrected chi connectivity index (χ1v) is 6.88. The van der Waals surface area contributed by atoms with E-state index >= 15 is 0 Å². The number of benzene rings is 1. The van der Waals surface area contributed by atoms with Gasteiger partial charge in [-0.15, -0.1) is 11.3 Å². The van der Waals surface area contributed by atoms with Gasteiger partial charge in [-0.1, -0.05) is 0 Å². The summed E-state index contributed by atoms with van der Waals surface area (Å²) in [4.78, 5) is 6.91. The van der Waals surface area contributed by atoms with E-state index < -0.39 is 0 Å². The lowest BCUT2D eigenvalue weighted by atomic mass is 10.2. The van der Waals surface area contributed by atoms with Crippen LogP contribution in [0.15, 0.2) is 29.6 Å². The molecular formula is C13H20FN3O3S. The van der Waals surface area contributed by atoms with Gasteiger partial charge >= 0.3 is 0 Å². The maximum Gasteiger partial charge on any atom is 0.185 e. The molecule has 7 N–H and O–H groups in total. The van der Waals surface area contributed by atoms with E-state index in [9.17, 15) is 4.39 Å². The molecule has 0 unspecified atom stereocenters. The van der Waals surface area contributed by atoms with Crippen LogP contribution in [-0.2, 0) is 0 Å². The minimum Gasteiger partial charge on any atom is -0.412 e. The molecule has 8 heteroatoms. The molecule has 0 spiro atoms. The van der Waals surface area contributed by atoms with E-state index in [0.29, 0.717) is 0 Å². The first-order valence-electron chi connectivity index (χ1n) is 6.00. The quantitative estimate of drug-likeness (QED) is 0.830. The van der Waals surface area contributed by atoms with Crippen LogP contribution in [0.3, 0.4) is 0 Å². The average Bonchev–Trinajstić information content (AvgIpc) is 2.90. The molecule has 3 rings (SSSR count). The highest BCUT2D eigenvalue weighted by molar-refractivity contribution is 7.14. The average molecular weight is 317 g/mol. The van der Waals surface area contributed by atoms with E-state index in [0.717, 1.165) is 42.6 Å². The van der Waals surface area contributed by atoms with E-state index in [1.807, 2.05) is 5.38 Å². The molecule has 0 aliphatic carbocycles. The Bertz CT molecular complexity index is 530. The molecule has 1 saturated heterocycles. The summed E-state index contributed by atoms with van der Waals surface area (Å²) in [6.07, 6.45) is 0. The standard InChI is InChI=1S/C13H14FN3S.3H2O/c14-11-3-1-10(2-4-11)12-9-18-13(16-12)17-7-5-15-6-8-17;;;/h1-4,9,15H,5-8H2;3*1H2. The lowest BCUT2D eigenvalue weighted by Crippen LogP contribution is -2.43. The van der Waals surface area contributed by atoms with Crippen LogP contribution in [0.4, 0.5) is 9.52 Å². The summed E-state index contributed by atoms with van der Waals surface area (Å²) in [6.45, 7) is 4.00. The number of anilines is 1. The third kappa shape index (κ3) is 4.45. The number of halogens is 1. The Morgan fingerprint density at radius 2 is 1.67 bits per heavy atom. The zero-order valence-electron chi connectivity index (χ0n) is 11.4. The normalized spacial score (nSPS) is 13.7. The molecule has 1 aliphatic rings. The second kappa shape index (κ2) is 8.65. The molecule has 0 saturated carbocycles. The molecule has 1 aromatic carbocycles. The second-order valence-corrected chi connectivity index (χ2v) is 5.10. The molecule has 21 heavy (non-hydrogen) atoms. The molecule has 0 bridgehead atoms. The van der Waals surface area contributed by atoms with Crippen molar-refractivity contribution in [1.82, 2.24) is 10.3 Å². The van der Waals surface area contributed by atoms with Gasteiger partial charge in [0, 0.05) is 37.1 Å². The van der Waals surface area contributed by atoms with Crippen molar-refractivity contribution in [3.63, 3.8) is 0 Å². The molecule has 0 amide bonds. The zero-order chi connectivity index (χ0) is 12.4. The number of thiazole rings is 1. The number of aromatic nitrogens is 1. The fourth-order valence-corrected chi connectivity index (χ4v) is 2.91. The first kappa shape index (κ1) is 19.4. The van der Waals surface area contributed by atoms with Crippen LogP contribution in [0, 0.1) is 5.82 Å². The van der Waals surface area contributed by atoms with Gasteiger partial charge in [-0.05, 0) is 24.3 Å². The Balaban J connectivity index is 0.00000133. The molecule has 0 radical (unpaired) electrons. The summed E-state index contributed by atoms with van der Waals surface area (Å²) in [5.41, 5.74) is 1.89. The van der Waals surface area contributed by atoms with E-state index in [1.54, 1.807) is 23.5 Å². The van der Waals surface area contributed by atoms with Gasteiger partial charge in [0.2, 0.25) is 0 Å². The Morgan fingerprint density at radius 1 is 1.05 bits per heavy atom. The summed E-state index contributed by atoms with van der Waals surface area (Å²) >= 11 is 1.65. The lowest BCUT2D eigenvalue weighted by Gasteiger charge is -2.26. The summed E-state index contributed by atoms with van der Waals surface area (Å²) < 4.78 is 12.9. The Morgan fingerprint density at radius 3 is 2.29 bits per heavy atom. The van der Waals surface area contributed by atoms with Crippen LogP contribution >= 0.6 is 11.3 Å². The van der Waals surface area contributed by atoms with E-state index in [4.69, 9.17) is 0 Å². The molecule has 1 fully saturated rings. The van der Waals surface area contributed by atoms with Crippen molar-refractivity contribution in [1.29, 1.82) is 0 Å². The van der Waals surface area contributed by atoms with Crippen molar-refractivity contribution >= 4 is 16.5 Å². The fraction of sp³-hybridized carbons (Fsp3) is 0.308. The Labute approximate surface area is 126 Å². The fourth-order valence-electron chi connectivity index (χ4n) is 2.02. The van der Waals surface area contributed by atoms with Crippen LogP contribution < -0.4 is 10.2 Å². The monoisotopic (exact) mass is 317 g/mol. The first-order chi connectivity index (χ1) is 8.83. The van der Waals surface area contributed by atoms with Gasteiger partial charge in [0.15, 0.2) is 5.13 Å². The summed E-state index contributed by atoms with van der Waals surface area (Å²) in [6, 6.07) is 6.48. The minimum absolute atomic E-state index is 0. The number of nitrogens with zero attached hydrogens (tertiary/aromatic N) is 2. The van der Waals surface area contributed by atoms with Gasteiger partial charge < -0.3 is 26.6 Å². The Hall–Kier alpha value is -1.58. The van der Waals surface area contributed by atoms with Gasteiger partial charge in [-0.25, -0.2) is 9.37 Å². The highest BCUT2D eigenvalue weighted by Gasteiger charge is 2.14. The maximum absolute atomic E-state index is 12.9. The molecule has 0 atom stereocenters. The lowest BCUT2D eigenvalue weighted by molar-refractivity contribution is 0.588. The molecule has 1 aliphatic heterocycles. The van der Waals surface area contributed by atoms with E-state index in [-0.39, 0.29) is 22.2 Å². The molecule has 118 valence electrons. The second-order valence-electron chi connectivity index (χ2n) is 4.26. The maximum atomic E-state index is 12.9. The molecule has 1 aromatic heterocycles. The van der Waals surface area contributed by atoms with Crippen LogP contribution in [0.25, 0.3) is 11.3 Å². The molecule has 2 heterocycles. The van der Waals surface area contributed by atoms with Crippen molar-refractivity contribution in [3.05, 3.63) is 35.5 Å². The molecular weight excluding hydrogens is 297 g/mol. The summed E-state index contributed by atoms with van der Waals surface area (Å²) in [7, 11) is 0. The highest BCUT2D eigenvalue weighted by Crippen LogP contribution is 2.27. The SMILES string of the molecule is Fc1ccc(-c2csc(N3CCNCC3)n2)cc1.O.O.O. The van der Waals surface area contributed by atoms with Crippen molar-refractivity contribution in [2.45, 2.75) is 0 Å². The van der Waals surface area contributed by atoms with Crippen molar-refractivity contribution in [3.8, 4) is 11.3 Å². The topological polar surface area (TPSA) is 123 Å². The molecule has 2 aromatic rings. The third-order valence-electron chi connectivity index (χ3n) is 3.02. The van der Waals surface area contributed by atoms with Gasteiger partial charge in [0.25, 0.3) is 0 Å². The van der Waals surface area contributed by atoms with Crippen molar-refractivity contribution < 1.29 is 20.8 Å². The number of hydrogen-bond acceptors (Lipinski definition) is 4. The zero-order valence-corrected chi connectivity index (χ0v) is 12.2. The van der Waals surface area contributed by atoms with E-state index in [1.165, 1.54) is 12.1 Å². The summed E-state index contributed by atoms with van der Waals surface area (Å²) in [5.74, 6) is -0.212.